The van der Waals surface area contributed by atoms with Gasteiger partial charge in [-0.25, -0.2) is 0 Å². The van der Waals surface area contributed by atoms with Crippen molar-refractivity contribution in [2.24, 2.45) is 0 Å². The van der Waals surface area contributed by atoms with Crippen molar-refractivity contribution >= 4 is 67.7 Å². The minimum Gasteiger partial charge on any atom is -0.311 e. The molecule has 6 rings (SSSR count). The van der Waals surface area contributed by atoms with Crippen molar-refractivity contribution in [1.82, 2.24) is 8.80 Å². The van der Waals surface area contributed by atoms with E-state index in [2.05, 4.69) is 26.0 Å². The van der Waals surface area contributed by atoms with Crippen LogP contribution in [0.25, 0.3) is 11.0 Å². The van der Waals surface area contributed by atoms with E-state index in [-0.39, 0.29) is 11.6 Å². The zero-order valence-electron chi connectivity index (χ0n) is 23.6. The molecular formula is C34H28N2O2S4. The van der Waals surface area contributed by atoms with Crippen molar-refractivity contribution in [3.63, 3.8) is 0 Å². The van der Waals surface area contributed by atoms with Crippen LogP contribution in [0.15, 0.2) is 117 Å². The Balaban J connectivity index is 1.50. The number of hydrogen-bond donors (Lipinski definition) is 0. The Kier molecular flexibility index (Phi) is 8.32. The molecule has 0 aliphatic carbocycles. The van der Waals surface area contributed by atoms with E-state index in [1.165, 1.54) is 0 Å². The summed E-state index contributed by atoms with van der Waals surface area (Å²) in [7, 11) is 3.30. The molecular weight excluding hydrogens is 597 g/mol. The van der Waals surface area contributed by atoms with E-state index in [9.17, 15) is 9.59 Å². The molecule has 4 nitrogen and oxygen atoms in total. The van der Waals surface area contributed by atoms with Crippen LogP contribution >= 0.6 is 45.1 Å². The maximum absolute atomic E-state index is 13.8. The number of pyridine rings is 2. The summed E-state index contributed by atoms with van der Waals surface area (Å²) in [6.45, 7) is 4.15. The molecule has 8 heteroatoms. The van der Waals surface area contributed by atoms with Crippen molar-refractivity contribution < 1.29 is 9.59 Å². The van der Waals surface area contributed by atoms with Crippen molar-refractivity contribution in [3.8, 4) is 0 Å². The van der Waals surface area contributed by atoms with E-state index in [1.807, 2.05) is 107 Å². The molecule has 0 aliphatic heterocycles. The number of carbonyl (C=O) groups is 2. The lowest BCUT2D eigenvalue weighted by Gasteiger charge is -2.06. The largest absolute Gasteiger partial charge is 0.311 e. The molecule has 0 spiro atoms. The van der Waals surface area contributed by atoms with E-state index in [4.69, 9.17) is 0 Å². The fraction of sp³-hybridized carbons (Fsp3) is 0.118. The fourth-order valence-electron chi connectivity index (χ4n) is 5.12. The molecule has 0 N–H and O–H groups in total. The van der Waals surface area contributed by atoms with Gasteiger partial charge in [-0.3, -0.25) is 9.59 Å². The highest BCUT2D eigenvalue weighted by molar-refractivity contribution is 8.76. The van der Waals surface area contributed by atoms with Crippen LogP contribution in [0.3, 0.4) is 0 Å². The Labute approximate surface area is 261 Å². The lowest BCUT2D eigenvalue weighted by atomic mass is 10.1. The van der Waals surface area contributed by atoms with Crippen molar-refractivity contribution in [1.29, 1.82) is 0 Å². The topological polar surface area (TPSA) is 43.0 Å². The molecule has 4 heterocycles. The quantitative estimate of drug-likeness (QED) is 0.0907. The molecule has 42 heavy (non-hydrogen) atoms. The van der Waals surface area contributed by atoms with Crippen LogP contribution in [-0.4, -0.2) is 32.9 Å². The predicted octanol–water partition coefficient (Wildman–Crippen LogP) is 9.51. The van der Waals surface area contributed by atoms with Gasteiger partial charge in [0, 0.05) is 23.5 Å². The summed E-state index contributed by atoms with van der Waals surface area (Å²) >= 11 is 3.19. The van der Waals surface area contributed by atoms with E-state index in [1.54, 1.807) is 45.1 Å². The van der Waals surface area contributed by atoms with Crippen molar-refractivity contribution in [3.05, 3.63) is 131 Å². The lowest BCUT2D eigenvalue weighted by molar-refractivity contribution is 0.102. The molecule has 210 valence electrons. The summed E-state index contributed by atoms with van der Waals surface area (Å²) in [6, 6.07) is 27.3. The molecule has 4 aromatic heterocycles. The van der Waals surface area contributed by atoms with Crippen molar-refractivity contribution in [2.75, 3.05) is 12.5 Å². The molecule has 0 unspecified atom stereocenters. The van der Waals surface area contributed by atoms with Gasteiger partial charge in [0.2, 0.25) is 11.6 Å². The molecule has 2 aromatic carbocycles. The van der Waals surface area contributed by atoms with Crippen LogP contribution in [0.2, 0.25) is 0 Å². The molecule has 0 saturated carbocycles. The molecule has 0 fully saturated rings. The van der Waals surface area contributed by atoms with E-state index >= 15 is 0 Å². The van der Waals surface area contributed by atoms with Gasteiger partial charge in [-0.1, -0.05) is 60.7 Å². The van der Waals surface area contributed by atoms with Crippen molar-refractivity contribution in [2.45, 2.75) is 33.4 Å². The molecule has 0 atom stereocenters. The first-order chi connectivity index (χ1) is 20.4. The summed E-state index contributed by atoms with van der Waals surface area (Å²) in [4.78, 5) is 31.7. The molecule has 6 aromatic rings. The number of fused-ring (bicyclic) bond motifs is 2. The van der Waals surface area contributed by atoms with Crippen LogP contribution in [0.4, 0.5) is 0 Å². The zero-order chi connectivity index (χ0) is 29.4. The summed E-state index contributed by atoms with van der Waals surface area (Å²) in [5.74, 6) is 0.00211. The third-order valence-electron chi connectivity index (χ3n) is 7.13. The smallest absolute Gasteiger partial charge is 0.210 e. The monoisotopic (exact) mass is 624 g/mol. The number of benzene rings is 2. The maximum atomic E-state index is 13.8. The van der Waals surface area contributed by atoms with E-state index in [0.717, 1.165) is 41.7 Å². The van der Waals surface area contributed by atoms with Gasteiger partial charge in [-0.2, -0.15) is 0 Å². The molecule has 0 saturated heterocycles. The second-order valence-corrected chi connectivity index (χ2v) is 13.7. The maximum Gasteiger partial charge on any atom is 0.210 e. The van der Waals surface area contributed by atoms with Crippen LogP contribution in [0.5, 0.6) is 0 Å². The third-order valence-corrected chi connectivity index (χ3v) is 11.5. The highest BCUT2D eigenvalue weighted by Crippen LogP contribution is 2.51. The van der Waals surface area contributed by atoms with Gasteiger partial charge in [0.25, 0.3) is 0 Å². The SMILES string of the molecule is CSc1c(SSc2c(SC)c(C(=O)c3ccccc3)n3ccc(C)cc23)c2cc(C)ccn2c1C(=O)c1ccccc1. The van der Waals surface area contributed by atoms with Gasteiger partial charge in [0.1, 0.15) is 11.4 Å². The zero-order valence-corrected chi connectivity index (χ0v) is 26.8. The second-order valence-electron chi connectivity index (χ2n) is 9.90. The summed E-state index contributed by atoms with van der Waals surface area (Å²) < 4.78 is 4.05. The number of thioether (sulfide) groups is 2. The number of ketones is 2. The Hall–Kier alpha value is -3.30. The highest BCUT2D eigenvalue weighted by atomic mass is 33.1. The van der Waals surface area contributed by atoms with Crippen LogP contribution < -0.4 is 0 Å². The molecule has 0 radical (unpaired) electrons. The molecule has 0 bridgehead atoms. The number of hydrogen-bond acceptors (Lipinski definition) is 6. The van der Waals surface area contributed by atoms with E-state index < -0.39 is 0 Å². The summed E-state index contributed by atoms with van der Waals surface area (Å²) in [6.07, 6.45) is 8.05. The van der Waals surface area contributed by atoms with Crippen LogP contribution in [0.1, 0.15) is 43.2 Å². The molecule has 0 amide bonds. The number of carbonyl (C=O) groups excluding carboxylic acids is 2. The van der Waals surface area contributed by atoms with Gasteiger partial charge in [-0.05, 0) is 83.3 Å². The van der Waals surface area contributed by atoms with Gasteiger partial charge >= 0.3 is 0 Å². The Bertz CT molecular complexity index is 1820. The van der Waals surface area contributed by atoms with Gasteiger partial charge in [0.05, 0.1) is 30.6 Å². The predicted molar refractivity (Wildman–Crippen MR) is 179 cm³/mol. The minimum absolute atomic E-state index is 0.00106. The Morgan fingerprint density at radius 1 is 0.548 bits per heavy atom. The normalized spacial score (nSPS) is 11.4. The first-order valence-corrected chi connectivity index (χ1v) is 17.9. The number of rotatable bonds is 9. The number of aryl methyl sites for hydroxylation is 2. The Morgan fingerprint density at radius 2 is 0.929 bits per heavy atom. The average molecular weight is 625 g/mol. The van der Waals surface area contributed by atoms with Gasteiger partial charge < -0.3 is 8.80 Å². The third kappa shape index (κ3) is 5.11. The summed E-state index contributed by atoms with van der Waals surface area (Å²) in [5.41, 5.74) is 6.94. The van der Waals surface area contributed by atoms with Crippen LogP contribution in [-0.2, 0) is 0 Å². The van der Waals surface area contributed by atoms with E-state index in [0.29, 0.717) is 22.5 Å². The Morgan fingerprint density at radius 3 is 1.29 bits per heavy atom. The minimum atomic E-state index is 0.00106. The first kappa shape index (κ1) is 28.8. The molecule has 0 aliphatic rings. The number of nitrogens with zero attached hydrogens (tertiary/aromatic N) is 2. The lowest BCUT2D eigenvalue weighted by Crippen LogP contribution is -2.06. The number of aromatic nitrogens is 2. The average Bonchev–Trinajstić information content (AvgIpc) is 3.50. The fourth-order valence-corrected chi connectivity index (χ4v) is 10.0. The van der Waals surface area contributed by atoms with Gasteiger partial charge in [0.15, 0.2) is 0 Å². The summed E-state index contributed by atoms with van der Waals surface area (Å²) in [5, 5.41) is 0. The first-order valence-electron chi connectivity index (χ1n) is 13.3. The standard InChI is InChI=1S/C34H28N2O2S4/c1-21-15-17-35-25(19-21)31(33(39-3)27(35)29(37)23-11-7-5-8-12-23)41-42-32-26-20-22(2)16-18-36(26)28(34(32)40-4)30(38)24-13-9-6-10-14-24/h5-20H,1-4H3. The van der Waals surface area contributed by atoms with Gasteiger partial charge in [-0.15, -0.1) is 23.5 Å². The van der Waals surface area contributed by atoms with Crippen LogP contribution in [0, 0.1) is 13.8 Å². The second kappa shape index (κ2) is 12.1. The highest BCUT2D eigenvalue weighted by Gasteiger charge is 2.28.